The quantitative estimate of drug-likeness (QED) is 0.884. The van der Waals surface area contributed by atoms with E-state index < -0.39 is 5.82 Å². The SMILES string of the molecule is Cc1ccc(F)c(Oc2ncc(CNCC(C)C)cn2)c1. The van der Waals surface area contributed by atoms with Crippen molar-refractivity contribution in [2.24, 2.45) is 5.92 Å². The lowest BCUT2D eigenvalue weighted by molar-refractivity contribution is 0.409. The molecular formula is C16H20FN3O. The number of benzene rings is 1. The number of aryl methyl sites for hydroxylation is 1. The van der Waals surface area contributed by atoms with Crippen molar-refractivity contribution in [2.45, 2.75) is 27.3 Å². The standard InChI is InChI=1S/C16H20FN3O/c1-11(2)7-18-8-13-9-19-16(20-10-13)21-15-6-12(3)4-5-14(15)17/h4-6,9-11,18H,7-8H2,1-3H3. The number of aromatic nitrogens is 2. The molecule has 1 aromatic heterocycles. The first-order valence-corrected chi connectivity index (χ1v) is 7.00. The monoisotopic (exact) mass is 289 g/mol. The van der Waals surface area contributed by atoms with E-state index in [2.05, 4.69) is 29.1 Å². The van der Waals surface area contributed by atoms with Gasteiger partial charge in [0, 0.05) is 24.5 Å². The first-order chi connectivity index (χ1) is 10.0. The Balaban J connectivity index is 1.97. The number of nitrogens with zero attached hydrogens (tertiary/aromatic N) is 2. The molecule has 0 bridgehead atoms. The zero-order chi connectivity index (χ0) is 15.2. The molecule has 0 atom stereocenters. The highest BCUT2D eigenvalue weighted by molar-refractivity contribution is 5.31. The number of hydrogen-bond donors (Lipinski definition) is 1. The van der Waals surface area contributed by atoms with Crippen molar-refractivity contribution in [1.82, 2.24) is 15.3 Å². The summed E-state index contributed by atoms with van der Waals surface area (Å²) in [5.41, 5.74) is 1.88. The molecule has 0 unspecified atom stereocenters. The molecule has 0 fully saturated rings. The van der Waals surface area contributed by atoms with E-state index in [9.17, 15) is 4.39 Å². The number of nitrogens with one attached hydrogen (secondary N) is 1. The zero-order valence-electron chi connectivity index (χ0n) is 12.6. The fraction of sp³-hybridized carbons (Fsp3) is 0.375. The van der Waals surface area contributed by atoms with Crippen molar-refractivity contribution in [3.8, 4) is 11.8 Å². The van der Waals surface area contributed by atoms with E-state index in [-0.39, 0.29) is 11.8 Å². The van der Waals surface area contributed by atoms with Crippen LogP contribution in [-0.2, 0) is 6.54 Å². The van der Waals surface area contributed by atoms with E-state index in [4.69, 9.17) is 4.74 Å². The van der Waals surface area contributed by atoms with Crippen LogP contribution >= 0.6 is 0 Å². The third kappa shape index (κ3) is 4.79. The molecule has 112 valence electrons. The van der Waals surface area contributed by atoms with Crippen LogP contribution in [0.25, 0.3) is 0 Å². The van der Waals surface area contributed by atoms with Gasteiger partial charge in [0.15, 0.2) is 11.6 Å². The number of halogens is 1. The van der Waals surface area contributed by atoms with Crippen molar-refractivity contribution < 1.29 is 9.13 Å². The molecule has 0 saturated heterocycles. The first kappa shape index (κ1) is 15.4. The molecule has 2 aromatic rings. The lowest BCUT2D eigenvalue weighted by Crippen LogP contribution is -2.19. The van der Waals surface area contributed by atoms with Crippen LogP contribution in [0.4, 0.5) is 4.39 Å². The van der Waals surface area contributed by atoms with Gasteiger partial charge in [-0.3, -0.25) is 0 Å². The summed E-state index contributed by atoms with van der Waals surface area (Å²) >= 11 is 0. The van der Waals surface area contributed by atoms with Gasteiger partial charge in [0.25, 0.3) is 0 Å². The highest BCUT2D eigenvalue weighted by Crippen LogP contribution is 2.22. The summed E-state index contributed by atoms with van der Waals surface area (Å²) in [6, 6.07) is 4.82. The second-order valence-corrected chi connectivity index (χ2v) is 5.43. The first-order valence-electron chi connectivity index (χ1n) is 7.00. The minimum atomic E-state index is -0.424. The van der Waals surface area contributed by atoms with Crippen molar-refractivity contribution in [3.05, 3.63) is 47.5 Å². The minimum absolute atomic E-state index is 0.140. The van der Waals surface area contributed by atoms with Gasteiger partial charge in [-0.1, -0.05) is 19.9 Å². The Morgan fingerprint density at radius 1 is 1.24 bits per heavy atom. The van der Waals surface area contributed by atoms with Crippen LogP contribution in [-0.4, -0.2) is 16.5 Å². The molecule has 0 saturated carbocycles. The zero-order valence-corrected chi connectivity index (χ0v) is 12.6. The average Bonchev–Trinajstić information content (AvgIpc) is 2.44. The largest absolute Gasteiger partial charge is 0.421 e. The Labute approximate surface area is 124 Å². The van der Waals surface area contributed by atoms with Crippen LogP contribution in [0.5, 0.6) is 11.8 Å². The van der Waals surface area contributed by atoms with E-state index in [1.807, 2.05) is 6.92 Å². The number of rotatable bonds is 6. The van der Waals surface area contributed by atoms with Gasteiger partial charge in [-0.2, -0.15) is 0 Å². The second kappa shape index (κ2) is 7.13. The lowest BCUT2D eigenvalue weighted by Gasteiger charge is -2.08. The summed E-state index contributed by atoms with van der Waals surface area (Å²) in [7, 11) is 0. The fourth-order valence-corrected chi connectivity index (χ4v) is 1.78. The molecule has 2 rings (SSSR count). The summed E-state index contributed by atoms with van der Waals surface area (Å²) in [5, 5.41) is 3.31. The Kier molecular flexibility index (Phi) is 5.22. The Hall–Kier alpha value is -2.01. The normalized spacial score (nSPS) is 10.9. The summed E-state index contributed by atoms with van der Waals surface area (Å²) in [6.07, 6.45) is 3.37. The van der Waals surface area contributed by atoms with Gasteiger partial charge in [0.05, 0.1) is 0 Å². The molecule has 21 heavy (non-hydrogen) atoms. The molecule has 4 nitrogen and oxygen atoms in total. The van der Waals surface area contributed by atoms with Gasteiger partial charge >= 0.3 is 6.01 Å². The highest BCUT2D eigenvalue weighted by atomic mass is 19.1. The summed E-state index contributed by atoms with van der Waals surface area (Å²) in [4.78, 5) is 8.21. The van der Waals surface area contributed by atoms with Gasteiger partial charge in [-0.15, -0.1) is 0 Å². The van der Waals surface area contributed by atoms with Crippen molar-refractivity contribution >= 4 is 0 Å². The number of hydrogen-bond acceptors (Lipinski definition) is 4. The summed E-state index contributed by atoms with van der Waals surface area (Å²) < 4.78 is 19.0. The van der Waals surface area contributed by atoms with Gasteiger partial charge < -0.3 is 10.1 Å². The maximum absolute atomic E-state index is 13.6. The van der Waals surface area contributed by atoms with E-state index in [0.717, 1.165) is 17.7 Å². The van der Waals surface area contributed by atoms with E-state index in [1.165, 1.54) is 6.07 Å². The fourth-order valence-electron chi connectivity index (χ4n) is 1.78. The van der Waals surface area contributed by atoms with Crippen molar-refractivity contribution in [3.63, 3.8) is 0 Å². The van der Waals surface area contributed by atoms with Gasteiger partial charge in [0.2, 0.25) is 0 Å². The topological polar surface area (TPSA) is 47.0 Å². The Morgan fingerprint density at radius 3 is 2.62 bits per heavy atom. The molecule has 0 aliphatic carbocycles. The van der Waals surface area contributed by atoms with Crippen LogP contribution in [0.3, 0.4) is 0 Å². The smallest absolute Gasteiger partial charge is 0.321 e. The third-order valence-electron chi connectivity index (χ3n) is 2.85. The average molecular weight is 289 g/mol. The lowest BCUT2D eigenvalue weighted by atomic mass is 10.2. The molecule has 1 aromatic carbocycles. The molecule has 1 heterocycles. The summed E-state index contributed by atoms with van der Waals surface area (Å²) in [5.74, 6) is 0.311. The van der Waals surface area contributed by atoms with Crippen LogP contribution in [0.15, 0.2) is 30.6 Å². The van der Waals surface area contributed by atoms with Crippen LogP contribution in [0.1, 0.15) is 25.0 Å². The van der Waals surface area contributed by atoms with Crippen LogP contribution < -0.4 is 10.1 Å². The molecule has 0 radical (unpaired) electrons. The Bertz CT molecular complexity index is 585. The number of ether oxygens (including phenoxy) is 1. The molecule has 0 amide bonds. The van der Waals surface area contributed by atoms with Gasteiger partial charge in [0.1, 0.15) is 0 Å². The second-order valence-electron chi connectivity index (χ2n) is 5.43. The van der Waals surface area contributed by atoms with Crippen LogP contribution in [0, 0.1) is 18.7 Å². The van der Waals surface area contributed by atoms with Crippen molar-refractivity contribution in [2.75, 3.05) is 6.54 Å². The van der Waals surface area contributed by atoms with E-state index >= 15 is 0 Å². The predicted octanol–water partition coefficient (Wildman–Crippen LogP) is 3.46. The molecular weight excluding hydrogens is 269 g/mol. The van der Waals surface area contributed by atoms with E-state index in [0.29, 0.717) is 12.5 Å². The van der Waals surface area contributed by atoms with Gasteiger partial charge in [-0.25, -0.2) is 14.4 Å². The van der Waals surface area contributed by atoms with Crippen LogP contribution in [0.2, 0.25) is 0 Å². The highest BCUT2D eigenvalue weighted by Gasteiger charge is 2.07. The minimum Gasteiger partial charge on any atom is -0.421 e. The Morgan fingerprint density at radius 2 is 1.95 bits per heavy atom. The molecule has 5 heteroatoms. The molecule has 0 spiro atoms. The van der Waals surface area contributed by atoms with E-state index in [1.54, 1.807) is 24.5 Å². The molecule has 1 N–H and O–H groups in total. The summed E-state index contributed by atoms with van der Waals surface area (Å²) in [6.45, 7) is 7.81. The molecule has 0 aliphatic rings. The predicted molar refractivity (Wildman–Crippen MR) is 79.8 cm³/mol. The van der Waals surface area contributed by atoms with Crippen molar-refractivity contribution in [1.29, 1.82) is 0 Å². The third-order valence-corrected chi connectivity index (χ3v) is 2.85. The molecule has 0 aliphatic heterocycles. The van der Waals surface area contributed by atoms with Gasteiger partial charge in [-0.05, 0) is 37.1 Å². The maximum Gasteiger partial charge on any atom is 0.321 e. The maximum atomic E-state index is 13.6.